The first-order valence-corrected chi connectivity index (χ1v) is 8.40. The summed E-state index contributed by atoms with van der Waals surface area (Å²) < 4.78 is 29.2. The van der Waals surface area contributed by atoms with E-state index in [2.05, 4.69) is 5.32 Å². The second kappa shape index (κ2) is 6.63. The van der Waals surface area contributed by atoms with Gasteiger partial charge in [0.05, 0.1) is 23.4 Å². The number of ether oxygens (including phenoxy) is 1. The molecule has 0 unspecified atom stereocenters. The second-order valence-corrected chi connectivity index (χ2v) is 6.85. The van der Waals surface area contributed by atoms with Crippen molar-refractivity contribution in [2.45, 2.75) is 18.4 Å². The van der Waals surface area contributed by atoms with Crippen molar-refractivity contribution < 1.29 is 13.2 Å². The molecule has 0 amide bonds. The van der Waals surface area contributed by atoms with E-state index in [9.17, 15) is 8.42 Å². The highest BCUT2D eigenvalue weighted by Crippen LogP contribution is 2.23. The summed E-state index contributed by atoms with van der Waals surface area (Å²) in [5.74, 6) is 0.890. The Morgan fingerprint density at radius 1 is 1.05 bits per heavy atom. The molecule has 0 heterocycles. The summed E-state index contributed by atoms with van der Waals surface area (Å²) in [6, 6.07) is 14.6. The third-order valence-corrected chi connectivity index (χ3v) is 5.03. The zero-order chi connectivity index (χ0) is 15.3. The molecule has 0 fully saturated rings. The average Bonchev–Trinajstić information content (AvgIpc) is 2.53. The zero-order valence-corrected chi connectivity index (χ0v) is 13.0. The SMILES string of the molecule is CCS(=O)(=O)c1ccccc1NCc1ccc(OC)cc1. The van der Waals surface area contributed by atoms with E-state index in [1.165, 1.54) is 0 Å². The van der Waals surface area contributed by atoms with E-state index < -0.39 is 9.84 Å². The summed E-state index contributed by atoms with van der Waals surface area (Å²) in [6.45, 7) is 2.20. The molecule has 5 heteroatoms. The first kappa shape index (κ1) is 15.4. The summed E-state index contributed by atoms with van der Waals surface area (Å²) in [6.07, 6.45) is 0. The lowest BCUT2D eigenvalue weighted by Crippen LogP contribution is -2.09. The Hall–Kier alpha value is -2.01. The first-order valence-electron chi connectivity index (χ1n) is 6.75. The molecule has 0 bridgehead atoms. The topological polar surface area (TPSA) is 55.4 Å². The molecule has 0 aliphatic heterocycles. The number of nitrogens with one attached hydrogen (secondary N) is 1. The van der Waals surface area contributed by atoms with Crippen LogP contribution in [-0.2, 0) is 16.4 Å². The van der Waals surface area contributed by atoms with Crippen LogP contribution in [-0.4, -0.2) is 21.3 Å². The summed E-state index contributed by atoms with van der Waals surface area (Å²) in [5.41, 5.74) is 1.69. The average molecular weight is 305 g/mol. The van der Waals surface area contributed by atoms with Gasteiger partial charge in [-0.15, -0.1) is 0 Å². The number of rotatable bonds is 6. The molecule has 2 aromatic carbocycles. The maximum Gasteiger partial charge on any atom is 0.180 e. The van der Waals surface area contributed by atoms with Gasteiger partial charge in [0, 0.05) is 6.54 Å². The number of para-hydroxylation sites is 1. The van der Waals surface area contributed by atoms with E-state index >= 15 is 0 Å². The van der Waals surface area contributed by atoms with E-state index in [0.29, 0.717) is 17.1 Å². The summed E-state index contributed by atoms with van der Waals surface area (Å²) in [4.78, 5) is 0.348. The quantitative estimate of drug-likeness (QED) is 0.891. The summed E-state index contributed by atoms with van der Waals surface area (Å²) in [7, 11) is -1.60. The number of anilines is 1. The Morgan fingerprint density at radius 2 is 1.71 bits per heavy atom. The van der Waals surface area contributed by atoms with Gasteiger partial charge in [0.2, 0.25) is 0 Å². The molecule has 0 saturated heterocycles. The van der Waals surface area contributed by atoms with Crippen LogP contribution in [0.2, 0.25) is 0 Å². The molecule has 0 radical (unpaired) electrons. The van der Waals surface area contributed by atoms with Crippen LogP contribution in [0.15, 0.2) is 53.4 Å². The van der Waals surface area contributed by atoms with Crippen molar-refractivity contribution in [3.05, 3.63) is 54.1 Å². The predicted octanol–water partition coefficient (Wildman–Crippen LogP) is 3.10. The molecule has 1 N–H and O–H groups in total. The van der Waals surface area contributed by atoms with E-state index in [4.69, 9.17) is 4.74 Å². The molecule has 0 aromatic heterocycles. The Balaban J connectivity index is 2.16. The van der Waals surface area contributed by atoms with Crippen molar-refractivity contribution in [3.8, 4) is 5.75 Å². The largest absolute Gasteiger partial charge is 0.497 e. The number of sulfone groups is 1. The third-order valence-electron chi connectivity index (χ3n) is 3.24. The van der Waals surface area contributed by atoms with Gasteiger partial charge in [-0.1, -0.05) is 31.2 Å². The number of methoxy groups -OCH3 is 1. The van der Waals surface area contributed by atoms with Gasteiger partial charge in [-0.3, -0.25) is 0 Å². The molecule has 112 valence electrons. The van der Waals surface area contributed by atoms with E-state index in [1.54, 1.807) is 32.2 Å². The molecule has 0 aliphatic rings. The minimum absolute atomic E-state index is 0.0915. The first-order chi connectivity index (χ1) is 10.1. The Kier molecular flexibility index (Phi) is 4.85. The number of benzene rings is 2. The van der Waals surface area contributed by atoms with Crippen molar-refractivity contribution in [1.29, 1.82) is 0 Å². The van der Waals surface area contributed by atoms with Gasteiger partial charge in [-0.2, -0.15) is 0 Å². The fraction of sp³-hybridized carbons (Fsp3) is 0.250. The van der Waals surface area contributed by atoms with Crippen LogP contribution in [0.1, 0.15) is 12.5 Å². The number of hydrogen-bond acceptors (Lipinski definition) is 4. The second-order valence-electron chi connectivity index (χ2n) is 4.60. The van der Waals surface area contributed by atoms with Gasteiger partial charge in [-0.05, 0) is 29.8 Å². The van der Waals surface area contributed by atoms with Crippen molar-refractivity contribution in [2.75, 3.05) is 18.2 Å². The normalized spacial score (nSPS) is 11.1. The minimum Gasteiger partial charge on any atom is -0.497 e. The lowest BCUT2D eigenvalue weighted by molar-refractivity contribution is 0.414. The fourth-order valence-electron chi connectivity index (χ4n) is 1.98. The highest BCUT2D eigenvalue weighted by atomic mass is 32.2. The van der Waals surface area contributed by atoms with Gasteiger partial charge < -0.3 is 10.1 Å². The third kappa shape index (κ3) is 3.76. The van der Waals surface area contributed by atoms with Gasteiger partial charge in [0.15, 0.2) is 9.84 Å². The highest BCUT2D eigenvalue weighted by molar-refractivity contribution is 7.91. The number of hydrogen-bond donors (Lipinski definition) is 1. The maximum atomic E-state index is 12.1. The van der Waals surface area contributed by atoms with E-state index in [0.717, 1.165) is 11.3 Å². The lowest BCUT2D eigenvalue weighted by atomic mass is 10.2. The zero-order valence-electron chi connectivity index (χ0n) is 12.2. The van der Waals surface area contributed by atoms with E-state index in [-0.39, 0.29) is 5.75 Å². The Labute approximate surface area is 125 Å². The molecule has 4 nitrogen and oxygen atoms in total. The molecule has 2 rings (SSSR count). The van der Waals surface area contributed by atoms with Crippen LogP contribution in [0.25, 0.3) is 0 Å². The van der Waals surface area contributed by atoms with E-state index in [1.807, 2.05) is 30.3 Å². The molecule has 21 heavy (non-hydrogen) atoms. The standard InChI is InChI=1S/C16H19NO3S/c1-3-21(18,19)16-7-5-4-6-15(16)17-12-13-8-10-14(20-2)11-9-13/h4-11,17H,3,12H2,1-2H3. The predicted molar refractivity (Wildman–Crippen MR) is 84.5 cm³/mol. The van der Waals surface area contributed by atoms with Crippen molar-refractivity contribution in [1.82, 2.24) is 0 Å². The van der Waals surface area contributed by atoms with Gasteiger partial charge >= 0.3 is 0 Å². The van der Waals surface area contributed by atoms with Crippen LogP contribution < -0.4 is 10.1 Å². The van der Waals surface area contributed by atoms with Crippen molar-refractivity contribution >= 4 is 15.5 Å². The summed E-state index contributed by atoms with van der Waals surface area (Å²) in [5, 5.41) is 3.19. The molecule has 2 aromatic rings. The minimum atomic E-state index is -3.23. The Bertz CT molecular complexity index is 694. The van der Waals surface area contributed by atoms with Crippen LogP contribution >= 0.6 is 0 Å². The van der Waals surface area contributed by atoms with Crippen molar-refractivity contribution in [3.63, 3.8) is 0 Å². The van der Waals surface area contributed by atoms with Gasteiger partial charge in [0.1, 0.15) is 5.75 Å². The van der Waals surface area contributed by atoms with Crippen LogP contribution in [0.5, 0.6) is 5.75 Å². The van der Waals surface area contributed by atoms with Gasteiger partial charge in [0.25, 0.3) is 0 Å². The fourth-order valence-corrected chi connectivity index (χ4v) is 3.05. The van der Waals surface area contributed by atoms with Crippen LogP contribution in [0.4, 0.5) is 5.69 Å². The lowest BCUT2D eigenvalue weighted by Gasteiger charge is -2.12. The molecule has 0 saturated carbocycles. The maximum absolute atomic E-state index is 12.1. The molecular formula is C16H19NO3S. The van der Waals surface area contributed by atoms with Crippen LogP contribution in [0.3, 0.4) is 0 Å². The molecule has 0 atom stereocenters. The monoisotopic (exact) mass is 305 g/mol. The van der Waals surface area contributed by atoms with Crippen LogP contribution in [0, 0.1) is 0 Å². The van der Waals surface area contributed by atoms with Gasteiger partial charge in [-0.25, -0.2) is 8.42 Å². The summed E-state index contributed by atoms with van der Waals surface area (Å²) >= 11 is 0. The molecule has 0 spiro atoms. The van der Waals surface area contributed by atoms with Crippen molar-refractivity contribution in [2.24, 2.45) is 0 Å². The smallest absolute Gasteiger partial charge is 0.180 e. The molecular weight excluding hydrogens is 286 g/mol. The highest BCUT2D eigenvalue weighted by Gasteiger charge is 2.15. The Morgan fingerprint density at radius 3 is 2.33 bits per heavy atom. The molecule has 0 aliphatic carbocycles.